The Balaban J connectivity index is 1.80. The molecular weight excluding hydrogens is 709 g/mol. The predicted molar refractivity (Wildman–Crippen MR) is 184 cm³/mol. The molecule has 230 valence electrons. The first-order valence-corrected chi connectivity index (χ1v) is 17.0. The number of nitrogens with zero attached hydrogens (tertiary/aromatic N) is 2. The van der Waals surface area contributed by atoms with Crippen molar-refractivity contribution < 1.29 is 18.0 Å². The maximum atomic E-state index is 14.5. The summed E-state index contributed by atoms with van der Waals surface area (Å²) in [5, 5.41) is 3.57. The van der Waals surface area contributed by atoms with Crippen molar-refractivity contribution in [3.05, 3.63) is 129 Å². The summed E-state index contributed by atoms with van der Waals surface area (Å²) < 4.78 is 30.1. The van der Waals surface area contributed by atoms with Crippen LogP contribution in [0.3, 0.4) is 0 Å². The first-order chi connectivity index (χ1) is 20.8. The molecule has 0 heterocycles. The van der Waals surface area contributed by atoms with Crippen LogP contribution in [0.25, 0.3) is 0 Å². The highest BCUT2D eigenvalue weighted by atomic mass is 127. The van der Waals surface area contributed by atoms with Crippen molar-refractivity contribution in [3.63, 3.8) is 0 Å². The highest BCUT2D eigenvalue weighted by Crippen LogP contribution is 2.26. The number of amides is 2. The zero-order valence-electron chi connectivity index (χ0n) is 24.8. The van der Waals surface area contributed by atoms with Gasteiger partial charge in [-0.15, -0.1) is 0 Å². The summed E-state index contributed by atoms with van der Waals surface area (Å²) in [4.78, 5) is 29.9. The molecule has 0 aromatic heterocycles. The molecular formula is C34H35ClIN3O4S. The average molecular weight is 744 g/mol. The van der Waals surface area contributed by atoms with E-state index in [1.54, 1.807) is 66.7 Å². The monoisotopic (exact) mass is 743 g/mol. The lowest BCUT2D eigenvalue weighted by atomic mass is 10.0. The number of halogens is 2. The van der Waals surface area contributed by atoms with Gasteiger partial charge in [0.1, 0.15) is 12.6 Å². The van der Waals surface area contributed by atoms with Gasteiger partial charge in [-0.2, -0.15) is 0 Å². The number of benzene rings is 4. The number of hydrogen-bond donors (Lipinski definition) is 1. The van der Waals surface area contributed by atoms with E-state index < -0.39 is 34.1 Å². The molecule has 2 amide bonds. The standard InChI is InChI=1S/C34H35ClIN3O4S/c1-34(2,3)37-33(41)31(22-25-10-6-4-7-11-25)38(23-26-14-16-27(35)17-15-26)32(40)24-39(29-20-18-28(36)19-21-29)44(42,43)30-12-8-5-9-13-30/h4-21,31H,22-24H2,1-3H3,(H,37,41)/t31-/m0/s1. The molecule has 0 aliphatic heterocycles. The number of hydrogen-bond acceptors (Lipinski definition) is 4. The van der Waals surface area contributed by atoms with Crippen molar-refractivity contribution in [2.24, 2.45) is 0 Å². The van der Waals surface area contributed by atoms with Crippen LogP contribution in [0.4, 0.5) is 5.69 Å². The predicted octanol–water partition coefficient (Wildman–Crippen LogP) is 6.69. The smallest absolute Gasteiger partial charge is 0.264 e. The Bertz CT molecular complexity index is 1660. The van der Waals surface area contributed by atoms with Crippen LogP contribution < -0.4 is 9.62 Å². The Morgan fingerprint density at radius 3 is 1.95 bits per heavy atom. The van der Waals surface area contributed by atoms with Crippen LogP contribution >= 0.6 is 34.2 Å². The molecule has 0 unspecified atom stereocenters. The lowest BCUT2D eigenvalue weighted by Gasteiger charge is -2.35. The summed E-state index contributed by atoms with van der Waals surface area (Å²) in [6.07, 6.45) is 0.233. The van der Waals surface area contributed by atoms with Crippen molar-refractivity contribution in [1.29, 1.82) is 0 Å². The number of carbonyl (C=O) groups excluding carboxylic acids is 2. The molecule has 0 spiro atoms. The molecule has 4 aromatic carbocycles. The van der Waals surface area contributed by atoms with E-state index in [1.807, 2.05) is 51.1 Å². The van der Waals surface area contributed by atoms with Crippen LogP contribution in [0.2, 0.25) is 5.02 Å². The zero-order valence-corrected chi connectivity index (χ0v) is 28.5. The van der Waals surface area contributed by atoms with E-state index in [0.717, 1.165) is 19.0 Å². The van der Waals surface area contributed by atoms with Crippen molar-refractivity contribution in [2.75, 3.05) is 10.8 Å². The highest BCUT2D eigenvalue weighted by Gasteiger charge is 2.35. The summed E-state index contributed by atoms with van der Waals surface area (Å²) >= 11 is 8.28. The molecule has 10 heteroatoms. The van der Waals surface area contributed by atoms with Gasteiger partial charge in [-0.1, -0.05) is 72.3 Å². The summed E-state index contributed by atoms with van der Waals surface area (Å²) in [5.74, 6) is -0.863. The van der Waals surface area contributed by atoms with Crippen LogP contribution in [-0.4, -0.2) is 43.3 Å². The third-order valence-electron chi connectivity index (χ3n) is 6.76. The quantitative estimate of drug-likeness (QED) is 0.174. The minimum atomic E-state index is -4.14. The third-order valence-corrected chi connectivity index (χ3v) is 9.52. The zero-order chi connectivity index (χ0) is 31.9. The minimum absolute atomic E-state index is 0.0573. The Morgan fingerprint density at radius 2 is 1.39 bits per heavy atom. The SMILES string of the molecule is CC(C)(C)NC(=O)[C@H](Cc1ccccc1)N(Cc1ccc(Cl)cc1)C(=O)CN(c1ccc(I)cc1)S(=O)(=O)c1ccccc1. The summed E-state index contributed by atoms with van der Waals surface area (Å²) in [7, 11) is -4.14. The molecule has 4 aromatic rings. The molecule has 0 saturated carbocycles. The van der Waals surface area contributed by atoms with Crippen molar-refractivity contribution in [2.45, 2.75) is 50.2 Å². The maximum Gasteiger partial charge on any atom is 0.264 e. The normalized spacial score (nSPS) is 12.3. The molecule has 0 saturated heterocycles. The second-order valence-corrected chi connectivity index (χ2v) is 14.9. The fourth-order valence-corrected chi connectivity index (χ4v) is 6.57. The summed E-state index contributed by atoms with van der Waals surface area (Å²) in [6, 6.07) is 30.5. The van der Waals surface area contributed by atoms with Gasteiger partial charge in [0.25, 0.3) is 10.0 Å². The Labute approximate surface area is 278 Å². The Morgan fingerprint density at radius 1 is 0.818 bits per heavy atom. The molecule has 7 nitrogen and oxygen atoms in total. The van der Waals surface area contributed by atoms with E-state index in [2.05, 4.69) is 27.9 Å². The number of anilines is 1. The second kappa shape index (κ2) is 14.6. The minimum Gasteiger partial charge on any atom is -0.350 e. The van der Waals surface area contributed by atoms with E-state index in [0.29, 0.717) is 10.7 Å². The van der Waals surface area contributed by atoms with Gasteiger partial charge >= 0.3 is 0 Å². The number of carbonyl (C=O) groups is 2. The number of nitrogens with one attached hydrogen (secondary N) is 1. The number of rotatable bonds is 11. The van der Waals surface area contributed by atoms with Crippen molar-refractivity contribution in [3.8, 4) is 0 Å². The molecule has 1 atom stereocenters. The van der Waals surface area contributed by atoms with Gasteiger partial charge < -0.3 is 10.2 Å². The van der Waals surface area contributed by atoms with Crippen LogP contribution in [-0.2, 0) is 32.6 Å². The van der Waals surface area contributed by atoms with Crippen LogP contribution in [0, 0.1) is 3.57 Å². The highest BCUT2D eigenvalue weighted by molar-refractivity contribution is 14.1. The average Bonchev–Trinajstić information content (AvgIpc) is 2.99. The van der Waals surface area contributed by atoms with Gasteiger partial charge in [0, 0.05) is 27.1 Å². The van der Waals surface area contributed by atoms with Crippen LogP contribution in [0.1, 0.15) is 31.9 Å². The topological polar surface area (TPSA) is 86.8 Å². The van der Waals surface area contributed by atoms with Crippen LogP contribution in [0.5, 0.6) is 0 Å². The van der Waals surface area contributed by atoms with E-state index in [9.17, 15) is 18.0 Å². The lowest BCUT2D eigenvalue weighted by molar-refractivity contribution is -0.140. The molecule has 44 heavy (non-hydrogen) atoms. The summed E-state index contributed by atoms with van der Waals surface area (Å²) in [5.41, 5.74) is 1.39. The molecule has 0 aliphatic carbocycles. The maximum absolute atomic E-state index is 14.5. The van der Waals surface area contributed by atoms with Gasteiger partial charge in [0.15, 0.2) is 0 Å². The van der Waals surface area contributed by atoms with E-state index in [-0.39, 0.29) is 23.8 Å². The fourth-order valence-electron chi connectivity index (χ4n) is 4.65. The van der Waals surface area contributed by atoms with E-state index >= 15 is 0 Å². The van der Waals surface area contributed by atoms with Gasteiger partial charge in [0.05, 0.1) is 10.6 Å². The molecule has 0 fully saturated rings. The first kappa shape index (κ1) is 33.5. The van der Waals surface area contributed by atoms with Gasteiger partial charge in [-0.3, -0.25) is 13.9 Å². The van der Waals surface area contributed by atoms with Crippen molar-refractivity contribution in [1.82, 2.24) is 10.2 Å². The Hall–Kier alpha value is -3.41. The first-order valence-electron chi connectivity index (χ1n) is 14.1. The van der Waals surface area contributed by atoms with Gasteiger partial charge in [-0.05, 0) is 103 Å². The van der Waals surface area contributed by atoms with Gasteiger partial charge in [-0.25, -0.2) is 8.42 Å². The van der Waals surface area contributed by atoms with E-state index in [1.165, 1.54) is 17.0 Å². The number of sulfonamides is 1. The second-order valence-electron chi connectivity index (χ2n) is 11.4. The fraction of sp³-hybridized carbons (Fsp3) is 0.235. The largest absolute Gasteiger partial charge is 0.350 e. The molecule has 1 N–H and O–H groups in total. The third kappa shape index (κ3) is 9.06. The van der Waals surface area contributed by atoms with Crippen LogP contribution in [0.15, 0.2) is 114 Å². The summed E-state index contributed by atoms with van der Waals surface area (Å²) in [6.45, 7) is 5.18. The molecule has 0 bridgehead atoms. The molecule has 0 aliphatic rings. The van der Waals surface area contributed by atoms with Crippen molar-refractivity contribution >= 4 is 61.7 Å². The van der Waals surface area contributed by atoms with Gasteiger partial charge in [0.2, 0.25) is 11.8 Å². The lowest BCUT2D eigenvalue weighted by Crippen LogP contribution is -2.56. The molecule has 4 rings (SSSR count). The Kier molecular flexibility index (Phi) is 11.1. The van der Waals surface area contributed by atoms with E-state index in [4.69, 9.17) is 11.6 Å². The molecule has 0 radical (unpaired) electrons.